The summed E-state index contributed by atoms with van der Waals surface area (Å²) in [6.07, 6.45) is 3.20. The molecule has 0 saturated carbocycles. The predicted molar refractivity (Wildman–Crippen MR) is 141 cm³/mol. The number of carbonyl (C=O) groups is 1. The van der Waals surface area contributed by atoms with Gasteiger partial charge in [-0.3, -0.25) is 0 Å². The van der Waals surface area contributed by atoms with Crippen LogP contribution in [0.2, 0.25) is 0 Å². The van der Waals surface area contributed by atoms with E-state index in [0.717, 1.165) is 35.1 Å². The molecule has 0 unspecified atom stereocenters. The molecule has 0 aliphatic heterocycles. The number of carbonyl (C=O) groups excluding carboxylic acids is 1. The molecule has 36 heavy (non-hydrogen) atoms. The molecule has 5 aromatic rings. The van der Waals surface area contributed by atoms with E-state index in [2.05, 4.69) is 22.2 Å². The van der Waals surface area contributed by atoms with Gasteiger partial charge in [-0.2, -0.15) is 0 Å². The van der Waals surface area contributed by atoms with Gasteiger partial charge in [0.2, 0.25) is 5.71 Å². The topological polar surface area (TPSA) is 77.2 Å². The van der Waals surface area contributed by atoms with E-state index in [4.69, 9.17) is 9.15 Å². The second-order valence-electron chi connectivity index (χ2n) is 8.45. The third-order valence-corrected chi connectivity index (χ3v) is 5.98. The van der Waals surface area contributed by atoms with Crippen molar-refractivity contribution in [1.82, 2.24) is 9.97 Å². The molecule has 1 atom stereocenters. The zero-order chi connectivity index (χ0) is 24.7. The lowest BCUT2D eigenvalue weighted by molar-refractivity contribution is -0.144. The Morgan fingerprint density at radius 2 is 1.53 bits per heavy atom. The minimum atomic E-state index is -0.736. The van der Waals surface area contributed by atoms with Crippen molar-refractivity contribution in [2.45, 2.75) is 25.8 Å². The Bertz CT molecular complexity index is 1430. The molecule has 2 aromatic heterocycles. The molecule has 0 amide bonds. The van der Waals surface area contributed by atoms with Crippen molar-refractivity contribution in [1.29, 1.82) is 0 Å². The highest BCUT2D eigenvalue weighted by Crippen LogP contribution is 2.43. The zero-order valence-corrected chi connectivity index (χ0v) is 20.1. The summed E-state index contributed by atoms with van der Waals surface area (Å²) in [5, 5.41) is 4.07. The lowest BCUT2D eigenvalue weighted by Crippen LogP contribution is -2.24. The number of aromatic nitrogens is 2. The van der Waals surface area contributed by atoms with Gasteiger partial charge in [0.1, 0.15) is 17.9 Å². The van der Waals surface area contributed by atoms with Gasteiger partial charge in [-0.15, -0.1) is 0 Å². The normalized spacial score (nSPS) is 11.8. The summed E-state index contributed by atoms with van der Waals surface area (Å²) in [6, 6.07) is 28.7. The first-order chi connectivity index (χ1) is 17.8. The number of fused-ring (bicyclic) bond motifs is 1. The number of anilines is 1. The molecule has 6 heteroatoms. The monoisotopic (exact) mass is 477 g/mol. The standard InChI is InChI=1S/C30H27N3O3/c1-2-3-19-35-30(34)26(22-15-9-5-10-16-22)33-28-25-24(21-13-7-4-8-14-21)27(23-17-11-6-12-18-23)36-29(25)32-20-31-28/h4-18,20,26H,2-3,19H2,1H3,(H,31,32,33)/t26-/m0/s1. The second-order valence-corrected chi connectivity index (χ2v) is 8.45. The SMILES string of the molecule is CCCCOC(=O)[C@@H](Nc1ncnc2oc(-c3ccccc3)c(-c3ccccc3)c12)c1ccccc1. The van der Waals surface area contributed by atoms with E-state index in [0.29, 0.717) is 29.3 Å². The van der Waals surface area contributed by atoms with Gasteiger partial charge < -0.3 is 14.5 Å². The predicted octanol–water partition coefficient (Wildman–Crippen LogP) is 7.05. The summed E-state index contributed by atoms with van der Waals surface area (Å²) in [5.41, 5.74) is 4.00. The van der Waals surface area contributed by atoms with Gasteiger partial charge in [0.05, 0.1) is 12.0 Å². The number of rotatable bonds is 9. The minimum Gasteiger partial charge on any atom is -0.464 e. The van der Waals surface area contributed by atoms with Crippen LogP contribution in [0.1, 0.15) is 31.4 Å². The summed E-state index contributed by atoms with van der Waals surface area (Å²) in [7, 11) is 0. The van der Waals surface area contributed by atoms with Crippen molar-refractivity contribution in [2.75, 3.05) is 11.9 Å². The molecule has 0 bridgehead atoms. The fourth-order valence-corrected chi connectivity index (χ4v) is 4.18. The van der Waals surface area contributed by atoms with E-state index < -0.39 is 6.04 Å². The number of unbranched alkanes of at least 4 members (excludes halogenated alkanes) is 1. The smallest absolute Gasteiger partial charge is 0.333 e. The molecule has 0 saturated heterocycles. The van der Waals surface area contributed by atoms with Crippen LogP contribution in [-0.4, -0.2) is 22.5 Å². The maximum atomic E-state index is 13.2. The third-order valence-electron chi connectivity index (χ3n) is 5.98. The Kier molecular flexibility index (Phi) is 7.03. The Morgan fingerprint density at radius 3 is 2.19 bits per heavy atom. The molecule has 0 fully saturated rings. The number of nitrogens with zero attached hydrogens (tertiary/aromatic N) is 2. The minimum absolute atomic E-state index is 0.352. The highest BCUT2D eigenvalue weighted by Gasteiger charge is 2.27. The van der Waals surface area contributed by atoms with Crippen LogP contribution >= 0.6 is 0 Å². The zero-order valence-electron chi connectivity index (χ0n) is 20.1. The van der Waals surface area contributed by atoms with Crippen LogP contribution < -0.4 is 5.32 Å². The van der Waals surface area contributed by atoms with Gasteiger partial charge in [0.25, 0.3) is 0 Å². The van der Waals surface area contributed by atoms with Gasteiger partial charge in [0.15, 0.2) is 6.04 Å². The maximum absolute atomic E-state index is 13.2. The lowest BCUT2D eigenvalue weighted by Gasteiger charge is -2.19. The number of hydrogen-bond donors (Lipinski definition) is 1. The fourth-order valence-electron chi connectivity index (χ4n) is 4.18. The molecular weight excluding hydrogens is 450 g/mol. The van der Waals surface area contributed by atoms with E-state index >= 15 is 0 Å². The van der Waals surface area contributed by atoms with E-state index in [1.54, 1.807) is 0 Å². The first kappa shape index (κ1) is 23.3. The Labute approximate surface area is 210 Å². The summed E-state index contributed by atoms with van der Waals surface area (Å²) in [4.78, 5) is 22.2. The van der Waals surface area contributed by atoms with Crippen LogP contribution in [0.15, 0.2) is 102 Å². The highest BCUT2D eigenvalue weighted by atomic mass is 16.5. The van der Waals surface area contributed by atoms with Crippen LogP contribution in [0.25, 0.3) is 33.6 Å². The van der Waals surface area contributed by atoms with Crippen molar-refractivity contribution in [3.8, 4) is 22.5 Å². The van der Waals surface area contributed by atoms with Crippen LogP contribution in [0.3, 0.4) is 0 Å². The van der Waals surface area contributed by atoms with Crippen molar-refractivity contribution in [2.24, 2.45) is 0 Å². The second kappa shape index (κ2) is 10.9. The summed E-state index contributed by atoms with van der Waals surface area (Å²) in [5.74, 6) is 0.850. The number of esters is 1. The van der Waals surface area contributed by atoms with Crippen molar-refractivity contribution < 1.29 is 13.9 Å². The van der Waals surface area contributed by atoms with Crippen molar-refractivity contribution >= 4 is 22.9 Å². The molecule has 0 radical (unpaired) electrons. The molecule has 180 valence electrons. The van der Waals surface area contributed by atoms with E-state index in [1.165, 1.54) is 6.33 Å². The quantitative estimate of drug-likeness (QED) is 0.181. The number of hydrogen-bond acceptors (Lipinski definition) is 6. The first-order valence-corrected chi connectivity index (χ1v) is 12.1. The fraction of sp³-hybridized carbons (Fsp3) is 0.167. The molecule has 0 spiro atoms. The van der Waals surface area contributed by atoms with Gasteiger partial charge in [-0.1, -0.05) is 104 Å². The third kappa shape index (κ3) is 4.84. The summed E-state index contributed by atoms with van der Waals surface area (Å²) >= 11 is 0. The van der Waals surface area contributed by atoms with E-state index in [9.17, 15) is 4.79 Å². The Hall–Kier alpha value is -4.45. The average Bonchev–Trinajstić information content (AvgIpc) is 3.34. The molecule has 0 aliphatic rings. The van der Waals surface area contributed by atoms with Crippen LogP contribution in [0.5, 0.6) is 0 Å². The van der Waals surface area contributed by atoms with Gasteiger partial charge >= 0.3 is 5.97 Å². The van der Waals surface area contributed by atoms with Crippen LogP contribution in [0, 0.1) is 0 Å². The average molecular weight is 478 g/mol. The first-order valence-electron chi connectivity index (χ1n) is 12.1. The van der Waals surface area contributed by atoms with Crippen LogP contribution in [-0.2, 0) is 9.53 Å². The van der Waals surface area contributed by atoms with Crippen molar-refractivity contribution in [3.05, 3.63) is 103 Å². The molecular formula is C30H27N3O3. The Morgan fingerprint density at radius 1 is 0.889 bits per heavy atom. The maximum Gasteiger partial charge on any atom is 0.333 e. The van der Waals surface area contributed by atoms with Gasteiger partial charge in [-0.05, 0) is 17.5 Å². The molecule has 5 rings (SSSR count). The van der Waals surface area contributed by atoms with Gasteiger partial charge in [0, 0.05) is 11.1 Å². The molecule has 0 aliphatic carbocycles. The highest BCUT2D eigenvalue weighted by molar-refractivity contribution is 6.06. The number of benzene rings is 3. The van der Waals surface area contributed by atoms with Crippen LogP contribution in [0.4, 0.5) is 5.82 Å². The van der Waals surface area contributed by atoms with E-state index in [1.807, 2.05) is 91.0 Å². The number of ether oxygens (including phenoxy) is 1. The largest absolute Gasteiger partial charge is 0.464 e. The van der Waals surface area contributed by atoms with Crippen molar-refractivity contribution in [3.63, 3.8) is 0 Å². The molecule has 1 N–H and O–H groups in total. The number of furan rings is 1. The molecule has 3 aromatic carbocycles. The lowest BCUT2D eigenvalue weighted by atomic mass is 9.99. The molecule has 2 heterocycles. The Balaban J connectivity index is 1.65. The number of nitrogens with one attached hydrogen (secondary N) is 1. The molecule has 6 nitrogen and oxygen atoms in total. The summed E-state index contributed by atoms with van der Waals surface area (Å²) < 4.78 is 11.9. The van der Waals surface area contributed by atoms with Gasteiger partial charge in [-0.25, -0.2) is 14.8 Å². The summed E-state index contributed by atoms with van der Waals surface area (Å²) in [6.45, 7) is 2.44. The van der Waals surface area contributed by atoms with E-state index in [-0.39, 0.29) is 5.97 Å².